The third-order valence-corrected chi connectivity index (χ3v) is 6.87. The summed E-state index contributed by atoms with van der Waals surface area (Å²) in [6, 6.07) is 9.90. The van der Waals surface area contributed by atoms with Crippen LogP contribution in [0.25, 0.3) is 0 Å². The van der Waals surface area contributed by atoms with E-state index < -0.39 is 12.1 Å². The van der Waals surface area contributed by atoms with Crippen molar-refractivity contribution in [3.8, 4) is 0 Å². The summed E-state index contributed by atoms with van der Waals surface area (Å²) in [6.45, 7) is 2.64. The number of halogens is 3. The number of alkyl halides is 3. The van der Waals surface area contributed by atoms with Crippen LogP contribution in [0.4, 0.5) is 18.9 Å². The highest BCUT2D eigenvalue weighted by atomic mass is 19.4. The number of rotatable bonds is 3. The predicted octanol–water partition coefficient (Wildman–Crippen LogP) is 3.15. The lowest BCUT2D eigenvalue weighted by molar-refractivity contribution is -0.192. The molecule has 1 spiro atoms. The molecule has 1 aliphatic carbocycles. The van der Waals surface area contributed by atoms with Gasteiger partial charge in [0.15, 0.2) is 0 Å². The number of benzene rings is 1. The zero-order valence-electron chi connectivity index (χ0n) is 18.7. The Morgan fingerprint density at radius 1 is 1.12 bits per heavy atom. The van der Waals surface area contributed by atoms with Crippen LogP contribution in [-0.4, -0.2) is 77.6 Å². The van der Waals surface area contributed by atoms with E-state index in [-0.39, 0.29) is 11.4 Å². The predicted molar refractivity (Wildman–Crippen MR) is 116 cm³/mol. The summed E-state index contributed by atoms with van der Waals surface area (Å²) in [4.78, 5) is 40.4. The number of piperazine rings is 1. The molecule has 2 aliphatic heterocycles. The molecule has 1 atom stereocenters. The van der Waals surface area contributed by atoms with Crippen molar-refractivity contribution in [2.45, 2.75) is 50.2 Å². The van der Waals surface area contributed by atoms with Crippen LogP contribution in [0.2, 0.25) is 0 Å². The number of carboxylic acids is 1. The number of hydrogen-bond acceptors (Lipinski definition) is 4. The fourth-order valence-corrected chi connectivity index (χ4v) is 4.90. The highest BCUT2D eigenvalue weighted by Gasteiger charge is 2.48. The maximum absolute atomic E-state index is 12.8. The first-order valence-corrected chi connectivity index (χ1v) is 11.2. The maximum atomic E-state index is 12.8. The SMILES string of the molecule is CN1CC(=O)N(c2ccccc2)CC12CCN(C(=O)CC1CCCC1)C2.O=C(O)C(F)(F)F. The molecule has 7 nitrogen and oxygen atoms in total. The number of hydrogen-bond donors (Lipinski definition) is 1. The highest BCUT2D eigenvalue weighted by molar-refractivity contribution is 5.96. The van der Waals surface area contributed by atoms with Gasteiger partial charge in [-0.3, -0.25) is 14.5 Å². The smallest absolute Gasteiger partial charge is 0.475 e. The number of nitrogens with zero attached hydrogens (tertiary/aromatic N) is 3. The molecule has 1 saturated carbocycles. The molecule has 182 valence electrons. The molecular weight excluding hydrogens is 439 g/mol. The average molecular weight is 470 g/mol. The van der Waals surface area contributed by atoms with E-state index in [1.54, 1.807) is 0 Å². The molecule has 3 aliphatic rings. The lowest BCUT2D eigenvalue weighted by Crippen LogP contribution is -2.64. The first-order valence-electron chi connectivity index (χ1n) is 11.2. The summed E-state index contributed by atoms with van der Waals surface area (Å²) >= 11 is 0. The van der Waals surface area contributed by atoms with Gasteiger partial charge in [-0.25, -0.2) is 4.79 Å². The Labute approximate surface area is 191 Å². The van der Waals surface area contributed by atoms with Crippen molar-refractivity contribution in [2.24, 2.45) is 5.92 Å². The molecule has 0 radical (unpaired) electrons. The van der Waals surface area contributed by atoms with Gasteiger partial charge in [-0.05, 0) is 44.4 Å². The van der Waals surface area contributed by atoms with E-state index in [9.17, 15) is 22.8 Å². The monoisotopic (exact) mass is 469 g/mol. The Kier molecular flexibility index (Phi) is 7.66. The maximum Gasteiger partial charge on any atom is 0.490 e. The summed E-state index contributed by atoms with van der Waals surface area (Å²) in [5.74, 6) is -1.72. The molecule has 3 fully saturated rings. The standard InChI is InChI=1S/C21H29N3O2.C2HF3O2/c1-22-14-20(26)24(18-9-3-2-4-10-18)16-21(22)11-12-23(15-21)19(25)13-17-7-5-6-8-17;3-2(4,5)1(6)7/h2-4,9-10,17H,5-8,11-16H2,1H3;(H,6,7). The third kappa shape index (κ3) is 6.04. The van der Waals surface area contributed by atoms with E-state index >= 15 is 0 Å². The first kappa shape index (κ1) is 25.0. The molecule has 2 amide bonds. The minimum absolute atomic E-state index is 0.116. The molecular formula is C23H30F3N3O4. The van der Waals surface area contributed by atoms with Gasteiger partial charge in [0.05, 0.1) is 12.1 Å². The normalized spacial score (nSPS) is 24.2. The summed E-state index contributed by atoms with van der Waals surface area (Å²) in [7, 11) is 2.03. The van der Waals surface area contributed by atoms with Crippen LogP contribution in [0.3, 0.4) is 0 Å². The summed E-state index contributed by atoms with van der Waals surface area (Å²) in [5.41, 5.74) is 0.843. The van der Waals surface area contributed by atoms with Gasteiger partial charge < -0.3 is 14.9 Å². The minimum Gasteiger partial charge on any atom is -0.475 e. The number of aliphatic carboxylic acids is 1. The first-order chi connectivity index (χ1) is 15.5. The van der Waals surface area contributed by atoms with Crippen molar-refractivity contribution in [3.63, 3.8) is 0 Å². The number of carbonyl (C=O) groups excluding carboxylic acids is 2. The van der Waals surface area contributed by atoms with Gasteiger partial charge in [-0.2, -0.15) is 13.2 Å². The van der Waals surface area contributed by atoms with Crippen molar-refractivity contribution < 1.29 is 32.7 Å². The lowest BCUT2D eigenvalue weighted by Gasteiger charge is -2.46. The topological polar surface area (TPSA) is 81.2 Å². The molecule has 4 rings (SSSR count). The summed E-state index contributed by atoms with van der Waals surface area (Å²) in [6.07, 6.45) is 1.54. The van der Waals surface area contributed by atoms with E-state index in [4.69, 9.17) is 9.90 Å². The van der Waals surface area contributed by atoms with Gasteiger partial charge in [-0.1, -0.05) is 31.0 Å². The fraction of sp³-hybridized carbons (Fsp3) is 0.609. The summed E-state index contributed by atoms with van der Waals surface area (Å²) < 4.78 is 31.7. The number of carboxylic acid groups (broad SMARTS) is 1. The molecule has 1 N–H and O–H groups in total. The van der Waals surface area contributed by atoms with Crippen LogP contribution < -0.4 is 4.90 Å². The number of amides is 2. The molecule has 0 aromatic heterocycles. The highest BCUT2D eigenvalue weighted by Crippen LogP contribution is 2.35. The van der Waals surface area contributed by atoms with Crippen LogP contribution in [0.15, 0.2) is 30.3 Å². The summed E-state index contributed by atoms with van der Waals surface area (Å²) in [5, 5.41) is 7.12. The van der Waals surface area contributed by atoms with Gasteiger partial charge in [-0.15, -0.1) is 0 Å². The van der Waals surface area contributed by atoms with Gasteiger partial charge in [0.2, 0.25) is 11.8 Å². The van der Waals surface area contributed by atoms with Gasteiger partial charge in [0, 0.05) is 31.7 Å². The van der Waals surface area contributed by atoms with Crippen LogP contribution in [0.5, 0.6) is 0 Å². The van der Waals surface area contributed by atoms with Crippen molar-refractivity contribution in [1.82, 2.24) is 9.80 Å². The number of likely N-dealkylation sites (N-methyl/N-ethyl adjacent to an activating group) is 1. The van der Waals surface area contributed by atoms with Crippen LogP contribution in [-0.2, 0) is 14.4 Å². The van der Waals surface area contributed by atoms with E-state index in [1.165, 1.54) is 25.7 Å². The van der Waals surface area contributed by atoms with Gasteiger partial charge in [0.25, 0.3) is 0 Å². The van der Waals surface area contributed by atoms with E-state index in [2.05, 4.69) is 4.90 Å². The van der Waals surface area contributed by atoms with Crippen LogP contribution >= 0.6 is 0 Å². The minimum atomic E-state index is -5.08. The Balaban J connectivity index is 0.000000383. The second-order valence-corrected chi connectivity index (χ2v) is 9.12. The molecule has 1 aromatic carbocycles. The Hall–Kier alpha value is -2.62. The largest absolute Gasteiger partial charge is 0.490 e. The van der Waals surface area contributed by atoms with E-state index in [1.807, 2.05) is 47.2 Å². The zero-order valence-corrected chi connectivity index (χ0v) is 18.7. The fourth-order valence-electron chi connectivity index (χ4n) is 4.90. The second-order valence-electron chi connectivity index (χ2n) is 9.12. The Morgan fingerprint density at radius 2 is 1.73 bits per heavy atom. The Morgan fingerprint density at radius 3 is 2.30 bits per heavy atom. The van der Waals surface area contributed by atoms with E-state index in [0.717, 1.165) is 25.2 Å². The molecule has 0 bridgehead atoms. The van der Waals surface area contributed by atoms with Crippen molar-refractivity contribution >= 4 is 23.5 Å². The van der Waals surface area contributed by atoms with Crippen molar-refractivity contribution in [3.05, 3.63) is 30.3 Å². The average Bonchev–Trinajstić information content (AvgIpc) is 3.42. The number of anilines is 1. The molecule has 10 heteroatoms. The molecule has 2 saturated heterocycles. The van der Waals surface area contributed by atoms with Crippen LogP contribution in [0, 0.1) is 5.92 Å². The number of carbonyl (C=O) groups is 3. The molecule has 1 aromatic rings. The Bertz CT molecular complexity index is 858. The molecule has 33 heavy (non-hydrogen) atoms. The van der Waals surface area contributed by atoms with Crippen molar-refractivity contribution in [2.75, 3.05) is 38.1 Å². The lowest BCUT2D eigenvalue weighted by atomic mass is 9.92. The van der Waals surface area contributed by atoms with Gasteiger partial charge in [0.1, 0.15) is 0 Å². The zero-order chi connectivity index (χ0) is 24.2. The molecule has 1 unspecified atom stereocenters. The number of para-hydroxylation sites is 1. The molecule has 2 heterocycles. The van der Waals surface area contributed by atoms with Crippen LogP contribution in [0.1, 0.15) is 38.5 Å². The number of likely N-dealkylation sites (tertiary alicyclic amines) is 1. The van der Waals surface area contributed by atoms with Gasteiger partial charge >= 0.3 is 12.1 Å². The van der Waals surface area contributed by atoms with E-state index in [0.29, 0.717) is 31.3 Å². The second kappa shape index (κ2) is 10.1. The van der Waals surface area contributed by atoms with Crippen molar-refractivity contribution in [1.29, 1.82) is 0 Å². The third-order valence-electron chi connectivity index (χ3n) is 6.87. The quantitative estimate of drug-likeness (QED) is 0.736.